The van der Waals surface area contributed by atoms with E-state index in [1.807, 2.05) is 0 Å². The Kier molecular flexibility index (Phi) is 2.86. The molecule has 3 nitrogen and oxygen atoms in total. The van der Waals surface area contributed by atoms with Crippen LogP contribution in [-0.2, 0) is 9.47 Å². The van der Waals surface area contributed by atoms with Crippen molar-refractivity contribution in [3.63, 3.8) is 0 Å². The van der Waals surface area contributed by atoms with Crippen LogP contribution in [0.25, 0.3) is 0 Å². The molecule has 1 aromatic carbocycles. The van der Waals surface area contributed by atoms with Crippen LogP contribution < -0.4 is 0 Å². The molecule has 1 heterocycles. The largest absolute Gasteiger partial charge is 0.447 e. The van der Waals surface area contributed by atoms with Gasteiger partial charge in [0.15, 0.2) is 23.3 Å². The van der Waals surface area contributed by atoms with Crippen LogP contribution in [0.2, 0.25) is 0 Å². The summed E-state index contributed by atoms with van der Waals surface area (Å²) in [5.41, 5.74) is -1.33. The normalized spacial score (nSPS) is 14.5. The molecule has 17 heavy (non-hydrogen) atoms. The van der Waals surface area contributed by atoms with Gasteiger partial charge in [-0.25, -0.2) is 22.0 Å². The summed E-state index contributed by atoms with van der Waals surface area (Å²) in [6.07, 6.45) is -0.534. The molecule has 1 saturated heterocycles. The summed E-state index contributed by atoms with van der Waals surface area (Å²) in [5.74, 6) is -10.4. The molecular formula is C9H4F5NO2. The number of halogens is 5. The van der Waals surface area contributed by atoms with Crippen molar-refractivity contribution < 1.29 is 31.4 Å². The molecule has 8 heteroatoms. The fraction of sp³-hybridized carbons (Fsp3) is 0.222. The Labute approximate surface area is 91.5 Å². The first kappa shape index (κ1) is 11.6. The van der Waals surface area contributed by atoms with Gasteiger partial charge in [0.05, 0.1) is 0 Å². The van der Waals surface area contributed by atoms with Crippen LogP contribution in [0.1, 0.15) is 0 Å². The third kappa shape index (κ3) is 1.90. The Morgan fingerprint density at radius 2 is 1.12 bits per heavy atom. The van der Waals surface area contributed by atoms with Crippen molar-refractivity contribution >= 4 is 11.8 Å². The molecule has 0 aliphatic carbocycles. The molecule has 1 aromatic rings. The Hall–Kier alpha value is -1.86. The zero-order valence-electron chi connectivity index (χ0n) is 8.07. The maximum atomic E-state index is 13.1. The first-order chi connectivity index (χ1) is 8.02. The number of hydrogen-bond donors (Lipinski definition) is 0. The second-order valence-electron chi connectivity index (χ2n) is 2.99. The fourth-order valence-corrected chi connectivity index (χ4v) is 1.15. The van der Waals surface area contributed by atoms with E-state index in [1.54, 1.807) is 0 Å². The van der Waals surface area contributed by atoms with Crippen LogP contribution in [0.5, 0.6) is 0 Å². The van der Waals surface area contributed by atoms with E-state index in [9.17, 15) is 22.0 Å². The maximum Gasteiger partial charge on any atom is 0.389 e. The van der Waals surface area contributed by atoms with E-state index in [0.29, 0.717) is 0 Å². The zero-order chi connectivity index (χ0) is 12.6. The predicted octanol–water partition coefficient (Wildman–Crippen LogP) is 2.42. The van der Waals surface area contributed by atoms with Gasteiger partial charge in [-0.2, -0.15) is 4.99 Å². The van der Waals surface area contributed by atoms with Gasteiger partial charge in [0.25, 0.3) is 0 Å². The van der Waals surface area contributed by atoms with Gasteiger partial charge in [-0.15, -0.1) is 0 Å². The van der Waals surface area contributed by atoms with Gasteiger partial charge in [0, 0.05) is 0 Å². The predicted molar refractivity (Wildman–Crippen MR) is 45.2 cm³/mol. The van der Waals surface area contributed by atoms with Crippen molar-refractivity contribution in [2.45, 2.75) is 0 Å². The van der Waals surface area contributed by atoms with E-state index in [4.69, 9.17) is 0 Å². The molecule has 0 spiro atoms. The van der Waals surface area contributed by atoms with E-state index in [2.05, 4.69) is 14.5 Å². The SMILES string of the molecule is Fc1c(F)c(F)c(N=C2OCCO2)c(F)c1F. The minimum Gasteiger partial charge on any atom is -0.447 e. The molecule has 0 unspecified atom stereocenters. The lowest BCUT2D eigenvalue weighted by molar-refractivity contribution is 0.335. The van der Waals surface area contributed by atoms with E-state index in [-0.39, 0.29) is 13.2 Å². The molecule has 0 bridgehead atoms. The van der Waals surface area contributed by atoms with Crippen LogP contribution in [-0.4, -0.2) is 19.3 Å². The van der Waals surface area contributed by atoms with Crippen LogP contribution in [0.15, 0.2) is 4.99 Å². The summed E-state index contributed by atoms with van der Waals surface area (Å²) in [6.45, 7) is 0.183. The lowest BCUT2D eigenvalue weighted by Gasteiger charge is -2.04. The molecule has 0 atom stereocenters. The molecule has 0 saturated carbocycles. The number of nitrogens with zero attached hydrogens (tertiary/aromatic N) is 1. The zero-order valence-corrected chi connectivity index (χ0v) is 8.07. The molecule has 0 radical (unpaired) electrons. The highest BCUT2D eigenvalue weighted by Gasteiger charge is 2.27. The van der Waals surface area contributed by atoms with Crippen molar-refractivity contribution in [3.05, 3.63) is 29.1 Å². The van der Waals surface area contributed by atoms with Crippen molar-refractivity contribution in [3.8, 4) is 0 Å². The second-order valence-corrected chi connectivity index (χ2v) is 2.99. The molecule has 1 fully saturated rings. The first-order valence-corrected chi connectivity index (χ1v) is 4.38. The number of hydrogen-bond acceptors (Lipinski definition) is 3. The van der Waals surface area contributed by atoms with Crippen LogP contribution in [0, 0.1) is 29.1 Å². The summed E-state index contributed by atoms with van der Waals surface area (Å²) >= 11 is 0. The number of ether oxygens (including phenoxy) is 2. The number of benzene rings is 1. The summed E-state index contributed by atoms with van der Waals surface area (Å²) in [4.78, 5) is 3.10. The highest BCUT2D eigenvalue weighted by Crippen LogP contribution is 2.29. The Morgan fingerprint density at radius 1 is 0.706 bits per heavy atom. The van der Waals surface area contributed by atoms with E-state index < -0.39 is 40.9 Å². The molecule has 1 aliphatic rings. The minimum absolute atomic E-state index is 0.0915. The van der Waals surface area contributed by atoms with Gasteiger partial charge in [-0.3, -0.25) is 0 Å². The van der Waals surface area contributed by atoms with E-state index in [0.717, 1.165) is 0 Å². The van der Waals surface area contributed by atoms with Crippen molar-refractivity contribution in [2.75, 3.05) is 13.2 Å². The highest BCUT2D eigenvalue weighted by atomic mass is 19.2. The highest BCUT2D eigenvalue weighted by molar-refractivity contribution is 5.72. The molecule has 0 amide bonds. The molecule has 0 N–H and O–H groups in total. The second kappa shape index (κ2) is 4.19. The lowest BCUT2D eigenvalue weighted by atomic mass is 10.2. The summed E-state index contributed by atoms with van der Waals surface area (Å²) < 4.78 is 73.7. The Bertz CT molecular complexity index is 466. The third-order valence-corrected chi connectivity index (χ3v) is 1.92. The molecule has 0 aromatic heterocycles. The third-order valence-electron chi connectivity index (χ3n) is 1.92. The quantitative estimate of drug-likeness (QED) is 0.437. The Morgan fingerprint density at radius 3 is 1.59 bits per heavy atom. The standard InChI is InChI=1S/C9H4F5NO2/c10-3-4(11)6(13)8(7(14)5(3)12)15-9-16-1-2-17-9/h1-2H2. The van der Waals surface area contributed by atoms with Crippen LogP contribution >= 0.6 is 0 Å². The van der Waals surface area contributed by atoms with Gasteiger partial charge in [0.2, 0.25) is 5.82 Å². The molecular weight excluding hydrogens is 249 g/mol. The summed E-state index contributed by atoms with van der Waals surface area (Å²) in [5, 5.41) is 0. The Balaban J connectivity index is 2.57. The fourth-order valence-electron chi connectivity index (χ4n) is 1.15. The van der Waals surface area contributed by atoms with E-state index >= 15 is 0 Å². The van der Waals surface area contributed by atoms with Crippen LogP contribution in [0.3, 0.4) is 0 Å². The molecule has 92 valence electrons. The van der Waals surface area contributed by atoms with Gasteiger partial charge in [-0.05, 0) is 0 Å². The van der Waals surface area contributed by atoms with Gasteiger partial charge >= 0.3 is 6.08 Å². The summed E-state index contributed by atoms with van der Waals surface area (Å²) in [7, 11) is 0. The smallest absolute Gasteiger partial charge is 0.389 e. The topological polar surface area (TPSA) is 30.8 Å². The van der Waals surface area contributed by atoms with Gasteiger partial charge in [-0.1, -0.05) is 0 Å². The van der Waals surface area contributed by atoms with Crippen LogP contribution in [0.4, 0.5) is 27.6 Å². The van der Waals surface area contributed by atoms with Crippen molar-refractivity contribution in [1.82, 2.24) is 0 Å². The maximum absolute atomic E-state index is 13.1. The van der Waals surface area contributed by atoms with E-state index in [1.165, 1.54) is 0 Å². The minimum atomic E-state index is -2.24. The average Bonchev–Trinajstić information content (AvgIpc) is 2.82. The van der Waals surface area contributed by atoms with Gasteiger partial charge < -0.3 is 9.47 Å². The van der Waals surface area contributed by atoms with Crippen molar-refractivity contribution in [1.29, 1.82) is 0 Å². The monoisotopic (exact) mass is 253 g/mol. The number of rotatable bonds is 1. The van der Waals surface area contributed by atoms with Crippen molar-refractivity contribution in [2.24, 2.45) is 4.99 Å². The molecule has 2 rings (SSSR count). The average molecular weight is 253 g/mol. The molecule has 1 aliphatic heterocycles. The number of aliphatic imine (C=N–C) groups is 1. The lowest BCUT2D eigenvalue weighted by Crippen LogP contribution is -2.03. The van der Waals surface area contributed by atoms with Gasteiger partial charge in [0.1, 0.15) is 18.9 Å². The first-order valence-electron chi connectivity index (χ1n) is 4.38. The summed E-state index contributed by atoms with van der Waals surface area (Å²) in [6, 6.07) is 0.